The highest BCUT2D eigenvalue weighted by atomic mass is 19.1. The molecule has 1 unspecified atom stereocenters. The fourth-order valence-corrected chi connectivity index (χ4v) is 3.94. The largest absolute Gasteiger partial charge is 0.507 e. The van der Waals surface area contributed by atoms with Gasteiger partial charge in [0.05, 0.1) is 23.9 Å². The number of aromatic nitrogens is 1. The van der Waals surface area contributed by atoms with Crippen LogP contribution in [0.15, 0.2) is 66.5 Å². The number of ketones is 1. The zero-order valence-electron chi connectivity index (χ0n) is 18.6. The maximum atomic E-state index is 14.7. The maximum absolute atomic E-state index is 14.7. The van der Waals surface area contributed by atoms with Crippen molar-refractivity contribution in [2.75, 3.05) is 11.5 Å². The zero-order valence-corrected chi connectivity index (χ0v) is 18.6. The second kappa shape index (κ2) is 9.43. The van der Waals surface area contributed by atoms with Crippen LogP contribution in [0.2, 0.25) is 0 Å². The highest BCUT2D eigenvalue weighted by Gasteiger charge is 2.47. The van der Waals surface area contributed by atoms with Gasteiger partial charge in [-0.2, -0.15) is 0 Å². The normalized spacial score (nSPS) is 17.3. The van der Waals surface area contributed by atoms with Gasteiger partial charge in [0.25, 0.3) is 11.7 Å². The fourth-order valence-electron chi connectivity index (χ4n) is 3.94. The smallest absolute Gasteiger partial charge is 0.300 e. The topological polar surface area (TPSA) is 79.7 Å². The third-order valence-corrected chi connectivity index (χ3v) is 5.55. The van der Waals surface area contributed by atoms with Crippen LogP contribution in [-0.2, 0) is 9.59 Å². The number of amides is 1. The van der Waals surface area contributed by atoms with Crippen LogP contribution in [0, 0.1) is 18.6 Å². The fraction of sp³-hybridized carbons (Fsp3) is 0.192. The first-order valence-corrected chi connectivity index (χ1v) is 10.7. The number of halogens is 2. The van der Waals surface area contributed by atoms with Crippen LogP contribution in [0.25, 0.3) is 5.76 Å². The number of Topliss-reactive ketones (excluding diaryl/α,β-unsaturated/α-hetero) is 1. The van der Waals surface area contributed by atoms with E-state index in [9.17, 15) is 23.5 Å². The third-order valence-electron chi connectivity index (χ3n) is 5.55. The van der Waals surface area contributed by atoms with Crippen molar-refractivity contribution in [3.8, 4) is 5.75 Å². The molecule has 174 valence electrons. The van der Waals surface area contributed by atoms with Gasteiger partial charge in [0.2, 0.25) is 0 Å². The number of ether oxygens (including phenoxy) is 1. The molecular formula is C26H22F2N2O4. The second-order valence-electron chi connectivity index (χ2n) is 7.87. The molecule has 1 amide bonds. The SMILES string of the molecule is CCCOc1ccc(/C(O)=C2\C(=O)C(=O)N(c3ccc(F)cc3F)C2c2ccncc2)cc1C. The number of carbonyl (C=O) groups is 2. The summed E-state index contributed by atoms with van der Waals surface area (Å²) in [5.74, 6) is -3.61. The number of carbonyl (C=O) groups excluding carboxylic acids is 2. The molecule has 2 heterocycles. The first-order chi connectivity index (χ1) is 16.3. The van der Waals surface area contributed by atoms with E-state index in [0.29, 0.717) is 29.5 Å². The summed E-state index contributed by atoms with van der Waals surface area (Å²) < 4.78 is 33.9. The number of pyridine rings is 1. The molecule has 1 N–H and O–H groups in total. The molecule has 1 aromatic heterocycles. The molecule has 1 atom stereocenters. The van der Waals surface area contributed by atoms with Gasteiger partial charge in [0.1, 0.15) is 23.1 Å². The van der Waals surface area contributed by atoms with Crippen molar-refractivity contribution in [2.45, 2.75) is 26.3 Å². The van der Waals surface area contributed by atoms with Crippen molar-refractivity contribution in [1.82, 2.24) is 4.98 Å². The number of aliphatic hydroxyl groups excluding tert-OH is 1. The third kappa shape index (κ3) is 4.14. The van der Waals surface area contributed by atoms with Gasteiger partial charge in [-0.05, 0) is 66.9 Å². The van der Waals surface area contributed by atoms with E-state index in [1.807, 2.05) is 6.92 Å². The summed E-state index contributed by atoms with van der Waals surface area (Å²) in [4.78, 5) is 31.0. The molecule has 0 bridgehead atoms. The van der Waals surface area contributed by atoms with Crippen LogP contribution in [0.5, 0.6) is 5.75 Å². The Labute approximate surface area is 195 Å². The van der Waals surface area contributed by atoms with Crippen LogP contribution >= 0.6 is 0 Å². The highest BCUT2D eigenvalue weighted by Crippen LogP contribution is 2.43. The lowest BCUT2D eigenvalue weighted by Gasteiger charge is -2.25. The summed E-state index contributed by atoms with van der Waals surface area (Å²) in [5.41, 5.74) is 0.985. The molecular weight excluding hydrogens is 442 g/mol. The van der Waals surface area contributed by atoms with Gasteiger partial charge in [-0.1, -0.05) is 6.92 Å². The molecule has 0 aliphatic carbocycles. The van der Waals surface area contributed by atoms with E-state index in [1.165, 1.54) is 12.4 Å². The summed E-state index contributed by atoms with van der Waals surface area (Å²) in [6.07, 6.45) is 3.75. The van der Waals surface area contributed by atoms with Crippen molar-refractivity contribution >= 4 is 23.1 Å². The van der Waals surface area contributed by atoms with Gasteiger partial charge < -0.3 is 9.84 Å². The van der Waals surface area contributed by atoms with Crippen molar-refractivity contribution in [1.29, 1.82) is 0 Å². The average Bonchev–Trinajstić information content (AvgIpc) is 3.09. The van der Waals surface area contributed by atoms with E-state index in [0.717, 1.165) is 29.0 Å². The molecule has 0 saturated carbocycles. The summed E-state index contributed by atoms with van der Waals surface area (Å²) in [7, 11) is 0. The second-order valence-corrected chi connectivity index (χ2v) is 7.87. The molecule has 0 radical (unpaired) electrons. The molecule has 34 heavy (non-hydrogen) atoms. The summed E-state index contributed by atoms with van der Waals surface area (Å²) in [6.45, 7) is 4.31. The predicted molar refractivity (Wildman–Crippen MR) is 122 cm³/mol. The monoisotopic (exact) mass is 464 g/mol. The van der Waals surface area contributed by atoms with E-state index >= 15 is 0 Å². The van der Waals surface area contributed by atoms with Gasteiger partial charge in [-0.3, -0.25) is 19.5 Å². The maximum Gasteiger partial charge on any atom is 0.300 e. The number of aliphatic hydroxyl groups is 1. The minimum Gasteiger partial charge on any atom is -0.507 e. The summed E-state index contributed by atoms with van der Waals surface area (Å²) in [6, 6.07) is 9.62. The minimum atomic E-state index is -1.14. The number of rotatable bonds is 6. The van der Waals surface area contributed by atoms with Crippen LogP contribution in [0.1, 0.15) is 36.1 Å². The van der Waals surface area contributed by atoms with Crippen LogP contribution < -0.4 is 9.64 Å². The van der Waals surface area contributed by atoms with Crippen LogP contribution in [0.4, 0.5) is 14.5 Å². The Hall–Kier alpha value is -4.07. The number of hydrogen-bond acceptors (Lipinski definition) is 5. The number of anilines is 1. The van der Waals surface area contributed by atoms with Crippen LogP contribution in [-0.4, -0.2) is 28.4 Å². The average molecular weight is 464 g/mol. The Bertz CT molecular complexity index is 1290. The molecule has 1 saturated heterocycles. The lowest BCUT2D eigenvalue weighted by Crippen LogP contribution is -2.30. The van der Waals surface area contributed by atoms with E-state index in [-0.39, 0.29) is 11.3 Å². The molecule has 4 rings (SSSR count). The number of hydrogen-bond donors (Lipinski definition) is 1. The number of nitrogens with zero attached hydrogens (tertiary/aromatic N) is 2. The highest BCUT2D eigenvalue weighted by molar-refractivity contribution is 6.51. The molecule has 3 aromatic rings. The van der Waals surface area contributed by atoms with E-state index < -0.39 is 35.1 Å². The Morgan fingerprint density at radius 2 is 1.82 bits per heavy atom. The molecule has 1 aliphatic heterocycles. The molecule has 1 fully saturated rings. The van der Waals surface area contributed by atoms with Crippen molar-refractivity contribution in [3.63, 3.8) is 0 Å². The van der Waals surface area contributed by atoms with Gasteiger partial charge >= 0.3 is 0 Å². The van der Waals surface area contributed by atoms with E-state index in [4.69, 9.17) is 4.74 Å². The zero-order chi connectivity index (χ0) is 24.4. The molecule has 6 nitrogen and oxygen atoms in total. The Kier molecular flexibility index (Phi) is 6.40. The standard InChI is InChI=1S/C26H22F2N2O4/c1-3-12-34-21-7-4-17(13-15(21)2)24(31)22-23(16-8-10-29-11-9-16)30(26(33)25(22)32)20-6-5-18(27)14-19(20)28/h4-11,13-14,23,31H,3,12H2,1-2H3/b24-22+. The summed E-state index contributed by atoms with van der Waals surface area (Å²) >= 11 is 0. The van der Waals surface area contributed by atoms with E-state index in [1.54, 1.807) is 37.3 Å². The predicted octanol–water partition coefficient (Wildman–Crippen LogP) is 5.08. The van der Waals surface area contributed by atoms with Crippen molar-refractivity contribution in [3.05, 3.63) is 94.8 Å². The van der Waals surface area contributed by atoms with Gasteiger partial charge in [0.15, 0.2) is 0 Å². The molecule has 1 aliphatic rings. The van der Waals surface area contributed by atoms with Crippen LogP contribution in [0.3, 0.4) is 0 Å². The van der Waals surface area contributed by atoms with Gasteiger partial charge in [-0.25, -0.2) is 8.78 Å². The Morgan fingerprint density at radius 1 is 1.09 bits per heavy atom. The minimum absolute atomic E-state index is 0.207. The van der Waals surface area contributed by atoms with Crippen molar-refractivity contribution in [2.24, 2.45) is 0 Å². The van der Waals surface area contributed by atoms with Crippen molar-refractivity contribution < 1.29 is 28.2 Å². The lowest BCUT2D eigenvalue weighted by atomic mass is 9.95. The number of benzene rings is 2. The molecule has 8 heteroatoms. The van der Waals surface area contributed by atoms with Gasteiger partial charge in [-0.15, -0.1) is 0 Å². The Morgan fingerprint density at radius 3 is 2.47 bits per heavy atom. The molecule has 0 spiro atoms. The van der Waals surface area contributed by atoms with E-state index in [2.05, 4.69) is 4.98 Å². The number of aryl methyl sites for hydroxylation is 1. The Balaban J connectivity index is 1.88. The first kappa shape index (κ1) is 23.1. The quantitative estimate of drug-likeness (QED) is 0.313. The lowest BCUT2D eigenvalue weighted by molar-refractivity contribution is -0.132. The van der Waals surface area contributed by atoms with Gasteiger partial charge in [0, 0.05) is 24.0 Å². The summed E-state index contributed by atoms with van der Waals surface area (Å²) in [5, 5.41) is 11.2. The first-order valence-electron chi connectivity index (χ1n) is 10.7. The molecule has 2 aromatic carbocycles.